The smallest absolute Gasteiger partial charge is 0.316 e. The molecule has 1 amide bonds. The first kappa shape index (κ1) is 21.9. The van der Waals surface area contributed by atoms with E-state index in [2.05, 4.69) is 10.1 Å². The number of benzene rings is 2. The predicted molar refractivity (Wildman–Crippen MR) is 111 cm³/mol. The molecule has 1 fully saturated rings. The molecule has 0 unspecified atom stereocenters. The van der Waals surface area contributed by atoms with Crippen molar-refractivity contribution in [1.29, 1.82) is 0 Å². The van der Waals surface area contributed by atoms with Gasteiger partial charge in [-0.2, -0.15) is 4.98 Å². The van der Waals surface area contributed by atoms with Gasteiger partial charge in [0, 0.05) is 32.6 Å². The second-order valence-corrected chi connectivity index (χ2v) is 9.38. The molecule has 0 saturated carbocycles. The number of carbonyl (C=O) groups is 1. The lowest BCUT2D eigenvalue weighted by Crippen LogP contribution is -2.49. The second-order valence-electron chi connectivity index (χ2n) is 7.27. The van der Waals surface area contributed by atoms with Crippen LogP contribution in [0.4, 0.5) is 14.5 Å². The van der Waals surface area contributed by atoms with Gasteiger partial charge in [0.15, 0.2) is 15.7 Å². The molecule has 4 rings (SSSR count). The molecule has 3 aromatic rings. The molecule has 1 aliphatic rings. The Kier molecular flexibility index (Phi) is 6.17. The van der Waals surface area contributed by atoms with E-state index in [1.807, 2.05) is 4.90 Å². The Balaban J connectivity index is 1.34. The average molecular weight is 462 g/mol. The lowest BCUT2D eigenvalue weighted by Gasteiger charge is -2.35. The average Bonchev–Trinajstić information content (AvgIpc) is 3.27. The minimum atomic E-state index is -3.66. The summed E-state index contributed by atoms with van der Waals surface area (Å²) in [5.41, 5.74) is 0.488. The van der Waals surface area contributed by atoms with Crippen molar-refractivity contribution < 1.29 is 26.5 Å². The van der Waals surface area contributed by atoms with Crippen molar-refractivity contribution in [2.45, 2.75) is 11.3 Å². The number of carbonyl (C=O) groups excluding carboxylic acids is 1. The maximum Gasteiger partial charge on any atom is 0.316 e. The predicted octanol–water partition coefficient (Wildman–Crippen LogP) is 2.33. The Morgan fingerprint density at radius 3 is 2.38 bits per heavy atom. The quantitative estimate of drug-likeness (QED) is 0.519. The highest BCUT2D eigenvalue weighted by Gasteiger charge is 2.27. The topological polar surface area (TPSA) is 96.6 Å². The minimum Gasteiger partial charge on any atom is -0.366 e. The number of halogens is 2. The van der Waals surface area contributed by atoms with Crippen LogP contribution in [0.3, 0.4) is 0 Å². The molecule has 0 aliphatic carbocycles. The first-order valence-electron chi connectivity index (χ1n) is 9.93. The summed E-state index contributed by atoms with van der Waals surface area (Å²) >= 11 is 0. The fourth-order valence-electron chi connectivity index (χ4n) is 3.42. The normalized spacial score (nSPS) is 14.6. The van der Waals surface area contributed by atoms with Gasteiger partial charge in [-0.1, -0.05) is 17.3 Å². The van der Waals surface area contributed by atoms with E-state index in [1.54, 1.807) is 18.2 Å². The van der Waals surface area contributed by atoms with Crippen LogP contribution < -0.4 is 4.90 Å². The maximum absolute atomic E-state index is 14.0. The molecule has 0 bridgehead atoms. The third kappa shape index (κ3) is 4.77. The van der Waals surface area contributed by atoms with E-state index in [0.29, 0.717) is 31.9 Å². The molecule has 0 N–H and O–H groups in total. The molecule has 0 spiro atoms. The standard InChI is InChI=1S/C21H20F2N4O4S/c22-15-5-7-16(8-6-15)32(29,30)14-9-19-24-20(31-25-19)21(28)27-12-10-26(11-13-27)18-4-2-1-3-17(18)23/h1-8H,9-14H2. The number of sulfone groups is 1. The molecule has 1 aromatic heterocycles. The van der Waals surface area contributed by atoms with Crippen molar-refractivity contribution in [3.63, 3.8) is 0 Å². The zero-order chi connectivity index (χ0) is 22.7. The summed E-state index contributed by atoms with van der Waals surface area (Å²) in [5, 5.41) is 3.70. The summed E-state index contributed by atoms with van der Waals surface area (Å²) in [6.45, 7) is 1.60. The number of aryl methyl sites for hydroxylation is 1. The molecular formula is C21H20F2N4O4S. The van der Waals surface area contributed by atoms with Crippen LogP contribution in [0.25, 0.3) is 0 Å². The van der Waals surface area contributed by atoms with E-state index in [9.17, 15) is 22.0 Å². The largest absolute Gasteiger partial charge is 0.366 e. The third-order valence-electron chi connectivity index (χ3n) is 5.18. The molecule has 0 atom stereocenters. The Morgan fingerprint density at radius 1 is 1.00 bits per heavy atom. The number of hydrogen-bond donors (Lipinski definition) is 0. The van der Waals surface area contributed by atoms with Gasteiger partial charge in [-0.3, -0.25) is 4.79 Å². The van der Waals surface area contributed by atoms with E-state index in [-0.39, 0.29) is 34.6 Å². The van der Waals surface area contributed by atoms with Crippen molar-refractivity contribution in [3.05, 3.63) is 71.9 Å². The highest BCUT2D eigenvalue weighted by Crippen LogP contribution is 2.21. The van der Waals surface area contributed by atoms with E-state index in [4.69, 9.17) is 4.52 Å². The number of hydrogen-bond acceptors (Lipinski definition) is 7. The minimum absolute atomic E-state index is 0.00795. The summed E-state index contributed by atoms with van der Waals surface area (Å²) in [4.78, 5) is 20.1. The number of nitrogens with zero attached hydrogens (tertiary/aromatic N) is 4. The van der Waals surface area contributed by atoms with Crippen LogP contribution in [0.15, 0.2) is 57.9 Å². The summed E-state index contributed by atoms with van der Waals surface area (Å²) < 4.78 is 56.7. The van der Waals surface area contributed by atoms with Gasteiger partial charge in [-0.15, -0.1) is 0 Å². The Hall–Kier alpha value is -3.34. The summed E-state index contributed by atoms with van der Waals surface area (Å²) in [7, 11) is -3.66. The van der Waals surface area contributed by atoms with E-state index in [0.717, 1.165) is 12.1 Å². The van der Waals surface area contributed by atoms with Crippen molar-refractivity contribution >= 4 is 21.4 Å². The molecular weight excluding hydrogens is 442 g/mol. The highest BCUT2D eigenvalue weighted by atomic mass is 32.2. The molecule has 8 nitrogen and oxygen atoms in total. The number of para-hydroxylation sites is 1. The van der Waals surface area contributed by atoms with E-state index in [1.165, 1.54) is 23.1 Å². The van der Waals surface area contributed by atoms with Gasteiger partial charge in [0.25, 0.3) is 0 Å². The second kappa shape index (κ2) is 9.03. The van der Waals surface area contributed by atoms with Gasteiger partial charge in [0.2, 0.25) is 0 Å². The zero-order valence-corrected chi connectivity index (χ0v) is 17.8. The Morgan fingerprint density at radius 2 is 1.69 bits per heavy atom. The van der Waals surface area contributed by atoms with E-state index < -0.39 is 21.6 Å². The summed E-state index contributed by atoms with van der Waals surface area (Å²) in [6.07, 6.45) is -0.0580. The molecule has 0 radical (unpaired) electrons. The van der Waals surface area contributed by atoms with Crippen LogP contribution in [0, 0.1) is 11.6 Å². The molecule has 168 valence electrons. The summed E-state index contributed by atoms with van der Waals surface area (Å²) in [6, 6.07) is 11.0. The molecule has 32 heavy (non-hydrogen) atoms. The van der Waals surface area contributed by atoms with Crippen LogP contribution in [0.2, 0.25) is 0 Å². The fraction of sp³-hybridized carbons (Fsp3) is 0.286. The van der Waals surface area contributed by atoms with Crippen LogP contribution in [-0.4, -0.2) is 61.3 Å². The zero-order valence-electron chi connectivity index (χ0n) is 16.9. The monoisotopic (exact) mass is 462 g/mol. The number of amides is 1. The van der Waals surface area contributed by atoms with Gasteiger partial charge in [-0.05, 0) is 36.4 Å². The van der Waals surface area contributed by atoms with Gasteiger partial charge in [-0.25, -0.2) is 17.2 Å². The molecule has 2 aromatic carbocycles. The van der Waals surface area contributed by atoms with Gasteiger partial charge < -0.3 is 14.3 Å². The van der Waals surface area contributed by atoms with Crippen molar-refractivity contribution in [1.82, 2.24) is 15.0 Å². The lowest BCUT2D eigenvalue weighted by molar-refractivity contribution is 0.0696. The van der Waals surface area contributed by atoms with Crippen LogP contribution in [0.5, 0.6) is 0 Å². The number of rotatable bonds is 6. The molecule has 1 saturated heterocycles. The van der Waals surface area contributed by atoms with Crippen molar-refractivity contribution in [2.24, 2.45) is 0 Å². The number of anilines is 1. The fourth-order valence-corrected chi connectivity index (χ4v) is 4.66. The SMILES string of the molecule is O=C(c1nc(CCS(=O)(=O)c2ccc(F)cc2)no1)N1CCN(c2ccccc2F)CC1. The first-order valence-corrected chi connectivity index (χ1v) is 11.6. The maximum atomic E-state index is 14.0. The Labute approximate surface area is 183 Å². The molecule has 1 aliphatic heterocycles. The van der Waals surface area contributed by atoms with Crippen LogP contribution >= 0.6 is 0 Å². The number of piperazine rings is 1. The van der Waals surface area contributed by atoms with Crippen LogP contribution in [0.1, 0.15) is 16.5 Å². The Bertz CT molecular complexity index is 1210. The molecule has 11 heteroatoms. The number of aromatic nitrogens is 2. The highest BCUT2D eigenvalue weighted by molar-refractivity contribution is 7.91. The van der Waals surface area contributed by atoms with Crippen molar-refractivity contribution in [3.8, 4) is 0 Å². The molecule has 2 heterocycles. The first-order chi connectivity index (χ1) is 15.3. The van der Waals surface area contributed by atoms with Gasteiger partial charge in [0.05, 0.1) is 16.3 Å². The summed E-state index contributed by atoms with van der Waals surface area (Å²) in [5.74, 6) is -1.75. The van der Waals surface area contributed by atoms with E-state index >= 15 is 0 Å². The lowest BCUT2D eigenvalue weighted by atomic mass is 10.2. The van der Waals surface area contributed by atoms with Crippen molar-refractivity contribution in [2.75, 3.05) is 36.8 Å². The third-order valence-corrected chi connectivity index (χ3v) is 6.91. The van der Waals surface area contributed by atoms with Gasteiger partial charge >= 0.3 is 11.8 Å². The van der Waals surface area contributed by atoms with Gasteiger partial charge in [0.1, 0.15) is 11.6 Å². The van der Waals surface area contributed by atoms with Crippen LogP contribution in [-0.2, 0) is 16.3 Å².